The summed E-state index contributed by atoms with van der Waals surface area (Å²) in [5.41, 5.74) is 0.429. The molecule has 1 aliphatic carbocycles. The van der Waals surface area contributed by atoms with E-state index in [4.69, 9.17) is 14.0 Å². The maximum Gasteiger partial charge on any atom is 0.422 e. The first-order chi connectivity index (χ1) is 17.6. The van der Waals surface area contributed by atoms with Gasteiger partial charge in [-0.3, -0.25) is 4.79 Å². The molecule has 1 N–H and O–H groups in total. The van der Waals surface area contributed by atoms with E-state index in [9.17, 15) is 18.0 Å². The van der Waals surface area contributed by atoms with E-state index in [0.717, 1.165) is 17.8 Å². The Hall–Kier alpha value is -2.89. The molecule has 0 saturated heterocycles. The second-order valence-electron chi connectivity index (χ2n) is 9.81. The summed E-state index contributed by atoms with van der Waals surface area (Å²) in [4.78, 5) is 18.6. The number of rotatable bonds is 9. The number of alkyl halides is 4. The summed E-state index contributed by atoms with van der Waals surface area (Å²) in [5.74, 6) is 0.534. The summed E-state index contributed by atoms with van der Waals surface area (Å²) in [6, 6.07) is 4.73. The lowest BCUT2D eigenvalue weighted by atomic mass is 9.81. The van der Waals surface area contributed by atoms with E-state index in [-0.39, 0.29) is 30.3 Å². The molecule has 1 amide bonds. The number of pyridine rings is 1. The molecule has 1 fully saturated rings. The van der Waals surface area contributed by atoms with Crippen molar-refractivity contribution in [3.8, 4) is 11.8 Å². The molecular weight excluding hydrogens is 496 g/mol. The van der Waals surface area contributed by atoms with E-state index in [1.165, 1.54) is 6.07 Å². The average Bonchev–Trinajstić information content (AvgIpc) is 3.16. The van der Waals surface area contributed by atoms with Gasteiger partial charge in [-0.1, -0.05) is 6.07 Å². The zero-order valence-corrected chi connectivity index (χ0v) is 20.8. The Morgan fingerprint density at radius 1 is 1.19 bits per heavy atom. The number of nitrogens with zero attached hydrogens (tertiary/aromatic N) is 3. The molecular formula is C25H32F4N4O4. The summed E-state index contributed by atoms with van der Waals surface area (Å²) >= 11 is 0. The Balaban J connectivity index is 1.17. The van der Waals surface area contributed by atoms with E-state index in [0.29, 0.717) is 63.8 Å². The minimum absolute atomic E-state index is 0.0316. The monoisotopic (exact) mass is 528 g/mol. The van der Waals surface area contributed by atoms with Gasteiger partial charge in [0.1, 0.15) is 11.4 Å². The first kappa shape index (κ1) is 27.2. The van der Waals surface area contributed by atoms with E-state index in [1.54, 1.807) is 19.1 Å². The van der Waals surface area contributed by atoms with Crippen molar-refractivity contribution < 1.29 is 36.4 Å². The van der Waals surface area contributed by atoms with E-state index < -0.39 is 18.5 Å². The molecule has 0 aromatic carbocycles. The molecule has 0 bridgehead atoms. The highest BCUT2D eigenvalue weighted by molar-refractivity contribution is 5.77. The molecule has 2 aromatic heterocycles. The van der Waals surface area contributed by atoms with Gasteiger partial charge in [-0.05, 0) is 56.2 Å². The highest BCUT2D eigenvalue weighted by Gasteiger charge is 2.36. The van der Waals surface area contributed by atoms with Gasteiger partial charge in [0.25, 0.3) is 11.8 Å². The number of amides is 1. The van der Waals surface area contributed by atoms with Gasteiger partial charge in [0.2, 0.25) is 5.88 Å². The normalized spacial score (nSPS) is 22.7. The minimum Gasteiger partial charge on any atom is -0.468 e. The van der Waals surface area contributed by atoms with Crippen LogP contribution in [0.1, 0.15) is 49.1 Å². The van der Waals surface area contributed by atoms with Gasteiger partial charge in [0, 0.05) is 49.9 Å². The molecule has 0 spiro atoms. The molecule has 2 aromatic rings. The number of hydrogen-bond donors (Lipinski definition) is 1. The Bertz CT molecular complexity index is 1050. The average molecular weight is 529 g/mol. The van der Waals surface area contributed by atoms with E-state index >= 15 is 4.39 Å². The quantitative estimate of drug-likeness (QED) is 0.493. The van der Waals surface area contributed by atoms with Crippen LogP contribution in [0, 0.1) is 6.92 Å². The Morgan fingerprint density at radius 2 is 1.95 bits per heavy atom. The first-order valence-corrected chi connectivity index (χ1v) is 12.5. The van der Waals surface area contributed by atoms with Gasteiger partial charge in [-0.15, -0.1) is 0 Å². The number of aromatic nitrogens is 2. The lowest BCUT2D eigenvalue weighted by Crippen LogP contribution is -2.44. The Kier molecular flexibility index (Phi) is 8.56. The van der Waals surface area contributed by atoms with Crippen molar-refractivity contribution in [2.24, 2.45) is 0 Å². The van der Waals surface area contributed by atoms with Gasteiger partial charge in [-0.2, -0.15) is 13.2 Å². The van der Waals surface area contributed by atoms with Gasteiger partial charge in [0.05, 0.1) is 0 Å². The fraction of sp³-hybridized carbons (Fsp3) is 0.640. The molecule has 37 heavy (non-hydrogen) atoms. The van der Waals surface area contributed by atoms with Crippen molar-refractivity contribution in [3.05, 3.63) is 35.2 Å². The van der Waals surface area contributed by atoms with Crippen LogP contribution in [0.2, 0.25) is 0 Å². The van der Waals surface area contributed by atoms with Crippen LogP contribution in [0.3, 0.4) is 0 Å². The minimum atomic E-state index is -4.41. The number of ether oxygens (including phenoxy) is 2. The highest BCUT2D eigenvalue weighted by atomic mass is 19.4. The predicted molar refractivity (Wildman–Crippen MR) is 125 cm³/mol. The van der Waals surface area contributed by atoms with Crippen LogP contribution in [0.25, 0.3) is 0 Å². The van der Waals surface area contributed by atoms with Gasteiger partial charge >= 0.3 is 6.18 Å². The molecule has 2 aliphatic rings. The van der Waals surface area contributed by atoms with Gasteiger partial charge in [-0.25, -0.2) is 9.37 Å². The maximum absolute atomic E-state index is 15.5. The van der Waals surface area contributed by atoms with Gasteiger partial charge < -0.3 is 24.2 Å². The van der Waals surface area contributed by atoms with Crippen molar-refractivity contribution >= 4 is 5.91 Å². The Morgan fingerprint density at radius 3 is 2.65 bits per heavy atom. The molecule has 204 valence electrons. The number of fused-ring (bicyclic) bond motifs is 1. The largest absolute Gasteiger partial charge is 0.468 e. The predicted octanol–water partition coefficient (Wildman–Crippen LogP) is 3.96. The summed E-state index contributed by atoms with van der Waals surface area (Å²) in [6.45, 7) is 2.16. The first-order valence-electron chi connectivity index (χ1n) is 12.5. The summed E-state index contributed by atoms with van der Waals surface area (Å²) in [6.07, 6.45) is -0.889. The van der Waals surface area contributed by atoms with Crippen molar-refractivity contribution in [2.45, 2.75) is 69.8 Å². The van der Waals surface area contributed by atoms with Crippen LogP contribution >= 0.6 is 0 Å². The number of nitrogens with one attached hydrogen (secondary N) is 1. The van der Waals surface area contributed by atoms with Crippen LogP contribution in [-0.2, 0) is 17.6 Å². The molecule has 1 saturated carbocycles. The number of halogens is 4. The lowest BCUT2D eigenvalue weighted by Gasteiger charge is -2.35. The summed E-state index contributed by atoms with van der Waals surface area (Å²) < 4.78 is 67.7. The zero-order chi connectivity index (χ0) is 26.5. The van der Waals surface area contributed by atoms with Crippen molar-refractivity contribution in [1.29, 1.82) is 0 Å². The molecule has 12 heteroatoms. The molecule has 4 rings (SSSR count). The third-order valence-corrected chi connectivity index (χ3v) is 6.87. The van der Waals surface area contributed by atoms with Crippen LogP contribution in [-0.4, -0.2) is 71.7 Å². The second-order valence-corrected chi connectivity index (χ2v) is 9.81. The van der Waals surface area contributed by atoms with Crippen LogP contribution in [0.15, 0.2) is 22.7 Å². The number of carbonyl (C=O) groups excluding carboxylic acids is 1. The topological polar surface area (TPSA) is 89.7 Å². The third-order valence-electron chi connectivity index (χ3n) is 6.87. The molecule has 0 atom stereocenters. The maximum atomic E-state index is 15.5. The number of hydrogen-bond acceptors (Lipinski definition) is 7. The number of carbonyl (C=O) groups is 1. The Labute approximate surface area is 212 Å². The SMILES string of the molecule is Cc1cc(OCC(=O)N[C@H]2CC[C@](F)(CCN3CCc4ccc(OCC(F)(F)F)nc4CC3)CC2)no1. The molecule has 0 unspecified atom stereocenters. The van der Waals surface area contributed by atoms with Crippen LogP contribution in [0.4, 0.5) is 17.6 Å². The zero-order valence-electron chi connectivity index (χ0n) is 20.8. The fourth-order valence-corrected chi connectivity index (χ4v) is 4.78. The van der Waals surface area contributed by atoms with Gasteiger partial charge in [0.15, 0.2) is 13.2 Å². The van der Waals surface area contributed by atoms with Crippen LogP contribution < -0.4 is 14.8 Å². The van der Waals surface area contributed by atoms with Crippen LogP contribution in [0.5, 0.6) is 11.8 Å². The molecule has 3 heterocycles. The molecule has 1 aliphatic heterocycles. The molecule has 8 nitrogen and oxygen atoms in total. The third kappa shape index (κ3) is 8.31. The van der Waals surface area contributed by atoms with E-state index in [1.807, 2.05) is 0 Å². The lowest BCUT2D eigenvalue weighted by molar-refractivity contribution is -0.154. The smallest absolute Gasteiger partial charge is 0.422 e. The van der Waals surface area contributed by atoms with Crippen molar-refractivity contribution in [1.82, 2.24) is 20.4 Å². The summed E-state index contributed by atoms with van der Waals surface area (Å²) in [7, 11) is 0. The standard InChI is InChI=1S/C25H32F4N4O4/c1-17-14-23(32-37-17)35-15-21(34)30-19-4-8-24(26,9-5-19)10-13-33-11-6-18-2-3-22(31-20(18)7-12-33)36-16-25(27,28)29/h2-3,14,19H,4-13,15-16H2,1H3,(H,30,34)/t19-,24+. The number of aryl methyl sites for hydroxylation is 1. The molecule has 0 radical (unpaired) electrons. The fourth-order valence-electron chi connectivity index (χ4n) is 4.78. The highest BCUT2D eigenvalue weighted by Crippen LogP contribution is 2.35. The van der Waals surface area contributed by atoms with Crippen molar-refractivity contribution in [2.75, 3.05) is 32.8 Å². The summed E-state index contributed by atoms with van der Waals surface area (Å²) in [5, 5.41) is 6.57. The second kappa shape index (κ2) is 11.7. The van der Waals surface area contributed by atoms with Crippen molar-refractivity contribution in [3.63, 3.8) is 0 Å². The van der Waals surface area contributed by atoms with E-state index in [2.05, 4.69) is 20.4 Å².